The summed E-state index contributed by atoms with van der Waals surface area (Å²) in [6, 6.07) is 0. The van der Waals surface area contributed by atoms with E-state index in [0.29, 0.717) is 13.0 Å². The summed E-state index contributed by atoms with van der Waals surface area (Å²) in [5, 5.41) is 20.6. The van der Waals surface area contributed by atoms with Crippen molar-refractivity contribution in [3.8, 4) is 0 Å². The Morgan fingerprint density at radius 2 is 2.15 bits per heavy atom. The van der Waals surface area contributed by atoms with E-state index in [2.05, 4.69) is 11.9 Å². The first-order chi connectivity index (χ1) is 6.31. The largest absolute Gasteiger partial charge is 0.396 e. The van der Waals surface area contributed by atoms with E-state index in [1.165, 1.54) is 0 Å². The fourth-order valence-electron chi connectivity index (χ4n) is 0.836. The van der Waals surface area contributed by atoms with Crippen LogP contribution in [0.3, 0.4) is 0 Å². The molecule has 0 fully saturated rings. The first-order valence-corrected chi connectivity index (χ1v) is 4.61. The Balaban J connectivity index is 3.31. The van der Waals surface area contributed by atoms with E-state index >= 15 is 0 Å². The third kappa shape index (κ3) is 9.27. The first kappa shape index (κ1) is 12.4. The molecular weight excluding hydrogens is 166 g/mol. The monoisotopic (exact) mass is 185 g/mol. The predicted octanol–water partition coefficient (Wildman–Crippen LogP) is 0.799. The number of hydrogen-bond acceptors (Lipinski definition) is 3. The molecule has 0 aliphatic heterocycles. The van der Waals surface area contributed by atoms with Crippen molar-refractivity contribution < 1.29 is 10.2 Å². The molecule has 0 radical (unpaired) electrons. The van der Waals surface area contributed by atoms with Gasteiger partial charge in [0.05, 0.1) is 0 Å². The van der Waals surface area contributed by atoms with Gasteiger partial charge in [-0.05, 0) is 31.9 Å². The van der Waals surface area contributed by atoms with Gasteiger partial charge in [-0.1, -0.05) is 12.2 Å². The van der Waals surface area contributed by atoms with Gasteiger partial charge in [0.25, 0.3) is 0 Å². The molecule has 0 heterocycles. The molecule has 0 bridgehead atoms. The summed E-state index contributed by atoms with van der Waals surface area (Å²) in [5.41, 5.74) is 0. The minimum Gasteiger partial charge on any atom is -0.396 e. The standard InChI is InChI=1S/C10H19NO2/c1-2-3-4-5-7-10(13)11-8-6-9-12/h2,5,7,10-13H,1,3-4,6,8-9H2/b7-5+. The molecule has 0 aromatic heterocycles. The Hall–Kier alpha value is -0.640. The van der Waals surface area contributed by atoms with Crippen molar-refractivity contribution in [3.63, 3.8) is 0 Å². The molecule has 0 rings (SSSR count). The molecule has 0 aliphatic carbocycles. The van der Waals surface area contributed by atoms with Gasteiger partial charge in [0.15, 0.2) is 0 Å². The summed E-state index contributed by atoms with van der Waals surface area (Å²) in [4.78, 5) is 0. The lowest BCUT2D eigenvalue weighted by atomic mass is 10.3. The molecule has 0 aromatic rings. The third-order valence-electron chi connectivity index (χ3n) is 1.54. The lowest BCUT2D eigenvalue weighted by Crippen LogP contribution is -2.27. The molecule has 0 amide bonds. The average Bonchev–Trinajstić information content (AvgIpc) is 2.13. The van der Waals surface area contributed by atoms with Crippen LogP contribution in [0, 0.1) is 0 Å². The highest BCUT2D eigenvalue weighted by Gasteiger charge is 1.94. The van der Waals surface area contributed by atoms with Crippen LogP contribution in [0.4, 0.5) is 0 Å². The Kier molecular flexibility index (Phi) is 8.98. The second-order valence-corrected chi connectivity index (χ2v) is 2.77. The zero-order valence-corrected chi connectivity index (χ0v) is 7.95. The molecular formula is C10H19NO2. The molecule has 3 heteroatoms. The van der Waals surface area contributed by atoms with Crippen molar-refractivity contribution in [1.82, 2.24) is 5.32 Å². The Morgan fingerprint density at radius 3 is 2.77 bits per heavy atom. The SMILES string of the molecule is C=CCC/C=C/C(O)NCCCO. The summed E-state index contributed by atoms with van der Waals surface area (Å²) < 4.78 is 0. The minimum atomic E-state index is -0.601. The van der Waals surface area contributed by atoms with Gasteiger partial charge in [0.2, 0.25) is 0 Å². The zero-order chi connectivity index (χ0) is 9.94. The molecule has 0 saturated heterocycles. The van der Waals surface area contributed by atoms with Crippen LogP contribution in [0.1, 0.15) is 19.3 Å². The molecule has 0 saturated carbocycles. The highest BCUT2D eigenvalue weighted by molar-refractivity contribution is 4.88. The van der Waals surface area contributed by atoms with Crippen LogP contribution < -0.4 is 5.32 Å². The molecule has 0 aromatic carbocycles. The molecule has 1 unspecified atom stereocenters. The molecule has 3 N–H and O–H groups in total. The van der Waals surface area contributed by atoms with Crippen molar-refractivity contribution in [2.75, 3.05) is 13.2 Å². The second-order valence-electron chi connectivity index (χ2n) is 2.77. The van der Waals surface area contributed by atoms with Gasteiger partial charge in [0, 0.05) is 6.61 Å². The fourth-order valence-corrected chi connectivity index (χ4v) is 0.836. The van der Waals surface area contributed by atoms with E-state index in [9.17, 15) is 5.11 Å². The summed E-state index contributed by atoms with van der Waals surface area (Å²) in [5.74, 6) is 0. The van der Waals surface area contributed by atoms with E-state index in [1.54, 1.807) is 6.08 Å². The lowest BCUT2D eigenvalue weighted by molar-refractivity contribution is 0.178. The maximum absolute atomic E-state index is 9.27. The van der Waals surface area contributed by atoms with Crippen LogP contribution in [-0.4, -0.2) is 29.6 Å². The number of unbranched alkanes of at least 4 members (excludes halogenated alkanes) is 1. The number of aliphatic hydroxyl groups is 2. The van der Waals surface area contributed by atoms with Crippen LogP contribution in [0.15, 0.2) is 24.8 Å². The Labute approximate surface area is 79.8 Å². The van der Waals surface area contributed by atoms with Crippen molar-refractivity contribution in [1.29, 1.82) is 0 Å². The van der Waals surface area contributed by atoms with E-state index in [0.717, 1.165) is 12.8 Å². The number of aliphatic hydroxyl groups excluding tert-OH is 2. The lowest BCUT2D eigenvalue weighted by Gasteiger charge is -2.06. The number of rotatable bonds is 8. The van der Waals surface area contributed by atoms with Gasteiger partial charge < -0.3 is 10.2 Å². The normalized spacial score (nSPS) is 13.4. The highest BCUT2D eigenvalue weighted by atomic mass is 16.3. The van der Waals surface area contributed by atoms with Crippen LogP contribution in [0.5, 0.6) is 0 Å². The maximum atomic E-state index is 9.27. The van der Waals surface area contributed by atoms with Crippen LogP contribution in [0.2, 0.25) is 0 Å². The van der Waals surface area contributed by atoms with Crippen LogP contribution in [0.25, 0.3) is 0 Å². The van der Waals surface area contributed by atoms with Crippen molar-refractivity contribution in [2.45, 2.75) is 25.5 Å². The number of allylic oxidation sites excluding steroid dienone is 2. The Morgan fingerprint density at radius 1 is 1.38 bits per heavy atom. The summed E-state index contributed by atoms with van der Waals surface area (Å²) in [7, 11) is 0. The number of hydrogen-bond donors (Lipinski definition) is 3. The van der Waals surface area contributed by atoms with E-state index in [1.807, 2.05) is 12.2 Å². The van der Waals surface area contributed by atoms with Crippen LogP contribution in [-0.2, 0) is 0 Å². The predicted molar refractivity (Wildman–Crippen MR) is 54.3 cm³/mol. The number of nitrogens with one attached hydrogen (secondary N) is 1. The summed E-state index contributed by atoms with van der Waals surface area (Å²) in [6.07, 6.45) is 7.37. The molecule has 13 heavy (non-hydrogen) atoms. The first-order valence-electron chi connectivity index (χ1n) is 4.61. The van der Waals surface area contributed by atoms with Gasteiger partial charge >= 0.3 is 0 Å². The van der Waals surface area contributed by atoms with Gasteiger partial charge in [-0.2, -0.15) is 0 Å². The molecule has 0 aliphatic rings. The van der Waals surface area contributed by atoms with E-state index in [-0.39, 0.29) is 6.61 Å². The molecule has 1 atom stereocenters. The molecule has 0 spiro atoms. The highest BCUT2D eigenvalue weighted by Crippen LogP contribution is 1.92. The van der Waals surface area contributed by atoms with Crippen molar-refractivity contribution in [3.05, 3.63) is 24.8 Å². The van der Waals surface area contributed by atoms with E-state index < -0.39 is 6.23 Å². The van der Waals surface area contributed by atoms with Gasteiger partial charge in [-0.15, -0.1) is 6.58 Å². The summed E-state index contributed by atoms with van der Waals surface area (Å²) in [6.45, 7) is 4.38. The fraction of sp³-hybridized carbons (Fsp3) is 0.600. The van der Waals surface area contributed by atoms with Gasteiger partial charge in [-0.3, -0.25) is 5.32 Å². The van der Waals surface area contributed by atoms with Crippen molar-refractivity contribution in [2.24, 2.45) is 0 Å². The smallest absolute Gasteiger partial charge is 0.124 e. The second kappa shape index (κ2) is 9.45. The molecule has 76 valence electrons. The molecule has 3 nitrogen and oxygen atoms in total. The van der Waals surface area contributed by atoms with E-state index in [4.69, 9.17) is 5.11 Å². The Bertz CT molecular complexity index is 146. The van der Waals surface area contributed by atoms with Crippen LogP contribution >= 0.6 is 0 Å². The minimum absolute atomic E-state index is 0.153. The summed E-state index contributed by atoms with van der Waals surface area (Å²) >= 11 is 0. The average molecular weight is 185 g/mol. The maximum Gasteiger partial charge on any atom is 0.124 e. The zero-order valence-electron chi connectivity index (χ0n) is 7.95. The topological polar surface area (TPSA) is 52.5 Å². The third-order valence-corrected chi connectivity index (χ3v) is 1.54. The van der Waals surface area contributed by atoms with Gasteiger partial charge in [-0.25, -0.2) is 0 Å². The van der Waals surface area contributed by atoms with Gasteiger partial charge in [0.1, 0.15) is 6.23 Å². The quantitative estimate of drug-likeness (QED) is 0.298. The van der Waals surface area contributed by atoms with Crippen molar-refractivity contribution >= 4 is 0 Å².